The molecule has 0 bridgehead atoms. The molecular formula is C19H25ClNO5P. The second kappa shape index (κ2) is 10.7. The summed E-state index contributed by atoms with van der Waals surface area (Å²) in [6.07, 6.45) is 2.23. The van der Waals surface area contributed by atoms with Crippen LogP contribution in [0.1, 0.15) is 25.8 Å². The third-order valence-corrected chi connectivity index (χ3v) is 6.11. The van der Waals surface area contributed by atoms with E-state index >= 15 is 0 Å². The van der Waals surface area contributed by atoms with E-state index in [1.54, 1.807) is 20.0 Å². The molecule has 27 heavy (non-hydrogen) atoms. The zero-order valence-electron chi connectivity index (χ0n) is 15.6. The van der Waals surface area contributed by atoms with Crippen LogP contribution >= 0.6 is 19.2 Å². The van der Waals surface area contributed by atoms with Crippen LogP contribution in [0.3, 0.4) is 0 Å². The lowest BCUT2D eigenvalue weighted by Crippen LogP contribution is -2.22. The van der Waals surface area contributed by atoms with Crippen molar-refractivity contribution in [2.45, 2.75) is 33.4 Å². The van der Waals surface area contributed by atoms with Crippen LogP contribution in [-0.4, -0.2) is 23.9 Å². The van der Waals surface area contributed by atoms with E-state index in [1.807, 2.05) is 30.3 Å². The van der Waals surface area contributed by atoms with E-state index in [9.17, 15) is 9.36 Å². The minimum Gasteiger partial charge on any atom is -0.483 e. The van der Waals surface area contributed by atoms with E-state index in [4.69, 9.17) is 25.4 Å². The van der Waals surface area contributed by atoms with Crippen LogP contribution < -0.4 is 10.3 Å². The van der Waals surface area contributed by atoms with E-state index in [1.165, 1.54) is 10.6 Å². The minimum atomic E-state index is -3.13. The second-order valence-corrected chi connectivity index (χ2v) is 8.44. The Bertz CT molecular complexity index is 815. The Morgan fingerprint density at radius 1 is 1.11 bits per heavy atom. The van der Waals surface area contributed by atoms with E-state index < -0.39 is 7.60 Å². The first kappa shape index (κ1) is 21.7. The molecule has 2 rings (SSSR count). The highest BCUT2D eigenvalue weighted by atomic mass is 35.5. The molecule has 0 saturated carbocycles. The SMILES string of the molecule is CCOP(=O)(CCCn1cc(Cl)cc(OCc2ccccc2)c1=O)OCC. The van der Waals surface area contributed by atoms with Gasteiger partial charge in [-0.25, -0.2) is 0 Å². The van der Waals surface area contributed by atoms with Gasteiger partial charge in [0.25, 0.3) is 5.56 Å². The average Bonchev–Trinajstić information content (AvgIpc) is 2.64. The van der Waals surface area contributed by atoms with Crippen molar-refractivity contribution in [3.63, 3.8) is 0 Å². The quantitative estimate of drug-likeness (QED) is 0.498. The Hall–Kier alpha value is -1.59. The highest BCUT2D eigenvalue weighted by molar-refractivity contribution is 7.53. The lowest BCUT2D eigenvalue weighted by atomic mass is 10.2. The van der Waals surface area contributed by atoms with Crippen molar-refractivity contribution in [3.8, 4) is 5.75 Å². The smallest absolute Gasteiger partial charge is 0.330 e. The molecule has 0 amide bonds. The molecule has 0 aliphatic carbocycles. The molecule has 0 saturated heterocycles. The zero-order chi connectivity index (χ0) is 19.7. The summed E-state index contributed by atoms with van der Waals surface area (Å²) in [6, 6.07) is 11.1. The molecule has 0 atom stereocenters. The van der Waals surface area contributed by atoms with Gasteiger partial charge in [0.1, 0.15) is 6.61 Å². The first-order chi connectivity index (χ1) is 13.0. The van der Waals surface area contributed by atoms with Gasteiger partial charge in [0.2, 0.25) is 0 Å². The number of halogens is 1. The van der Waals surface area contributed by atoms with Crippen LogP contribution in [0, 0.1) is 0 Å². The van der Waals surface area contributed by atoms with Gasteiger partial charge in [-0.3, -0.25) is 9.36 Å². The summed E-state index contributed by atoms with van der Waals surface area (Å²) in [4.78, 5) is 12.6. The monoisotopic (exact) mass is 413 g/mol. The predicted molar refractivity (Wildman–Crippen MR) is 107 cm³/mol. The molecule has 0 N–H and O–H groups in total. The van der Waals surface area contributed by atoms with Crippen LogP contribution in [0.5, 0.6) is 5.75 Å². The largest absolute Gasteiger partial charge is 0.483 e. The van der Waals surface area contributed by atoms with Crippen LogP contribution in [-0.2, 0) is 26.8 Å². The summed E-state index contributed by atoms with van der Waals surface area (Å²) in [5, 5.41) is 0.399. The fourth-order valence-electron chi connectivity index (χ4n) is 2.57. The van der Waals surface area contributed by atoms with Crippen molar-refractivity contribution in [2.24, 2.45) is 0 Å². The normalized spacial score (nSPS) is 11.5. The summed E-state index contributed by atoms with van der Waals surface area (Å²) in [5.41, 5.74) is 0.677. The molecule has 0 fully saturated rings. The molecule has 2 aromatic rings. The van der Waals surface area contributed by atoms with Gasteiger partial charge in [-0.1, -0.05) is 41.9 Å². The number of hydrogen-bond donors (Lipinski definition) is 0. The Balaban J connectivity index is 2.03. The van der Waals surface area contributed by atoms with Gasteiger partial charge in [0, 0.05) is 18.8 Å². The Kier molecular flexibility index (Phi) is 8.58. The predicted octanol–water partition coefficient (Wildman–Crippen LogP) is 4.74. The van der Waals surface area contributed by atoms with Crippen molar-refractivity contribution >= 4 is 19.2 Å². The molecule has 0 radical (unpaired) electrons. The maximum Gasteiger partial charge on any atom is 0.330 e. The van der Waals surface area contributed by atoms with Crippen molar-refractivity contribution in [1.82, 2.24) is 4.57 Å². The van der Waals surface area contributed by atoms with Crippen molar-refractivity contribution in [1.29, 1.82) is 0 Å². The maximum atomic E-state index is 12.6. The first-order valence-corrected chi connectivity index (χ1v) is 11.0. The summed E-state index contributed by atoms with van der Waals surface area (Å²) >= 11 is 6.13. The molecule has 0 unspecified atom stereocenters. The topological polar surface area (TPSA) is 66.8 Å². The van der Waals surface area contributed by atoms with Crippen LogP contribution in [0.25, 0.3) is 0 Å². The standard InChI is InChI=1S/C19H25ClNO5P/c1-3-25-27(23,26-4-2)12-8-11-21-14-17(20)13-18(19(21)22)24-15-16-9-6-5-7-10-16/h5-7,9-10,13-14H,3-4,8,11-12,15H2,1-2H3. The molecular weight excluding hydrogens is 389 g/mol. The molecule has 1 heterocycles. The lowest BCUT2D eigenvalue weighted by Gasteiger charge is -2.17. The Morgan fingerprint density at radius 2 is 1.78 bits per heavy atom. The van der Waals surface area contributed by atoms with Crippen LogP contribution in [0.15, 0.2) is 47.4 Å². The summed E-state index contributed by atoms with van der Waals surface area (Å²) in [7, 11) is -3.13. The molecule has 148 valence electrons. The highest BCUT2D eigenvalue weighted by Gasteiger charge is 2.22. The van der Waals surface area contributed by atoms with Gasteiger partial charge in [0.15, 0.2) is 5.75 Å². The number of rotatable bonds is 11. The van der Waals surface area contributed by atoms with Gasteiger partial charge in [-0.05, 0) is 25.8 Å². The third kappa shape index (κ3) is 6.82. The number of nitrogens with zero attached hydrogens (tertiary/aromatic N) is 1. The Labute approximate surface area is 164 Å². The summed E-state index contributed by atoms with van der Waals surface area (Å²) in [5.74, 6) is 0.184. The number of hydrogen-bond acceptors (Lipinski definition) is 5. The second-order valence-electron chi connectivity index (χ2n) is 5.82. The average molecular weight is 414 g/mol. The summed E-state index contributed by atoms with van der Waals surface area (Å²) < 4.78 is 30.1. The number of aromatic nitrogens is 1. The number of ether oxygens (including phenoxy) is 1. The molecule has 0 aliphatic rings. The van der Waals surface area contributed by atoms with Gasteiger partial charge in [0.05, 0.1) is 24.4 Å². The van der Waals surface area contributed by atoms with Crippen LogP contribution in [0.4, 0.5) is 0 Å². The number of aryl methyl sites for hydroxylation is 1. The third-order valence-electron chi connectivity index (χ3n) is 3.74. The van der Waals surface area contributed by atoms with Crippen LogP contribution in [0.2, 0.25) is 5.02 Å². The van der Waals surface area contributed by atoms with Gasteiger partial charge >= 0.3 is 7.60 Å². The Morgan fingerprint density at radius 3 is 2.41 bits per heavy atom. The minimum absolute atomic E-state index is 0.184. The van der Waals surface area contributed by atoms with E-state index in [0.29, 0.717) is 31.2 Å². The molecule has 0 aliphatic heterocycles. The molecule has 1 aromatic carbocycles. The van der Waals surface area contributed by atoms with E-state index in [0.717, 1.165) is 5.56 Å². The fraction of sp³-hybridized carbons (Fsp3) is 0.421. The van der Waals surface area contributed by atoms with Gasteiger partial charge in [-0.15, -0.1) is 0 Å². The zero-order valence-corrected chi connectivity index (χ0v) is 17.2. The van der Waals surface area contributed by atoms with Crippen molar-refractivity contribution < 1.29 is 18.3 Å². The molecule has 0 spiro atoms. The van der Waals surface area contributed by atoms with Gasteiger partial charge in [-0.2, -0.15) is 0 Å². The van der Waals surface area contributed by atoms with Gasteiger partial charge < -0.3 is 18.4 Å². The fourth-order valence-corrected chi connectivity index (χ4v) is 4.44. The summed E-state index contributed by atoms with van der Waals surface area (Å²) in [6.45, 7) is 4.77. The van der Waals surface area contributed by atoms with Crippen molar-refractivity contribution in [3.05, 3.63) is 63.5 Å². The molecule has 6 nitrogen and oxygen atoms in total. The maximum absolute atomic E-state index is 12.6. The first-order valence-electron chi connectivity index (χ1n) is 8.92. The number of benzene rings is 1. The highest BCUT2D eigenvalue weighted by Crippen LogP contribution is 2.48. The molecule has 1 aromatic heterocycles. The molecule has 8 heteroatoms. The van der Waals surface area contributed by atoms with E-state index in [-0.39, 0.29) is 24.1 Å². The lowest BCUT2D eigenvalue weighted by molar-refractivity contribution is 0.219. The number of pyridine rings is 1. The van der Waals surface area contributed by atoms with Crippen molar-refractivity contribution in [2.75, 3.05) is 19.4 Å². The van der Waals surface area contributed by atoms with E-state index in [2.05, 4.69) is 0 Å².